The van der Waals surface area contributed by atoms with Gasteiger partial charge in [0.05, 0.1) is 12.2 Å². The van der Waals surface area contributed by atoms with Crippen LogP contribution < -0.4 is 5.32 Å². The number of carbonyl (C=O) groups is 1. The van der Waals surface area contributed by atoms with Gasteiger partial charge in [0.1, 0.15) is 12.1 Å². The molecule has 0 aliphatic carbocycles. The lowest BCUT2D eigenvalue weighted by Crippen LogP contribution is -2.12. The second kappa shape index (κ2) is 6.50. The molecular weight excluding hydrogens is 263 g/mol. The summed E-state index contributed by atoms with van der Waals surface area (Å²) >= 11 is 0. The van der Waals surface area contributed by atoms with Crippen LogP contribution in [-0.4, -0.2) is 22.8 Å². The van der Waals surface area contributed by atoms with E-state index in [1.165, 1.54) is 30.5 Å². The number of nitrogens with zero attached hydrogens (tertiary/aromatic N) is 1. The maximum Gasteiger partial charge on any atom is 0.277 e. The average Bonchev–Trinajstić information content (AvgIpc) is 2.95. The van der Waals surface area contributed by atoms with Crippen molar-refractivity contribution in [3.8, 4) is 11.8 Å². The predicted molar refractivity (Wildman–Crippen MR) is 69.4 cm³/mol. The number of rotatable bonds is 3. The highest BCUT2D eigenvalue weighted by Crippen LogP contribution is 2.14. The van der Waals surface area contributed by atoms with E-state index in [1.54, 1.807) is 0 Å². The SMILES string of the molecule is O=C(Nc1ccc(C#CCCO)c(F)c1)c1ccon1. The summed E-state index contributed by atoms with van der Waals surface area (Å²) < 4.78 is 18.3. The summed E-state index contributed by atoms with van der Waals surface area (Å²) in [5.41, 5.74) is 0.610. The Hall–Kier alpha value is -2.65. The zero-order chi connectivity index (χ0) is 14.4. The minimum Gasteiger partial charge on any atom is -0.395 e. The van der Waals surface area contributed by atoms with Crippen molar-refractivity contribution in [3.05, 3.63) is 47.6 Å². The van der Waals surface area contributed by atoms with Crippen LogP contribution in [0.2, 0.25) is 0 Å². The monoisotopic (exact) mass is 274 g/mol. The van der Waals surface area contributed by atoms with Crippen molar-refractivity contribution >= 4 is 11.6 Å². The van der Waals surface area contributed by atoms with E-state index in [-0.39, 0.29) is 24.3 Å². The Morgan fingerprint density at radius 1 is 1.45 bits per heavy atom. The third kappa shape index (κ3) is 3.43. The van der Waals surface area contributed by atoms with Crippen LogP contribution in [0.5, 0.6) is 0 Å². The molecule has 0 saturated carbocycles. The molecule has 2 rings (SSSR count). The highest BCUT2D eigenvalue weighted by molar-refractivity contribution is 6.02. The van der Waals surface area contributed by atoms with Crippen molar-refractivity contribution in [1.82, 2.24) is 5.16 Å². The number of amides is 1. The Bertz CT molecular complexity index is 657. The van der Waals surface area contributed by atoms with Gasteiger partial charge in [-0.2, -0.15) is 0 Å². The second-order valence-electron chi connectivity index (χ2n) is 3.81. The molecule has 0 spiro atoms. The van der Waals surface area contributed by atoms with Gasteiger partial charge in [-0.05, 0) is 18.2 Å². The minimum atomic E-state index is -0.548. The maximum absolute atomic E-state index is 13.7. The number of hydrogen-bond donors (Lipinski definition) is 2. The number of aliphatic hydroxyl groups excluding tert-OH is 1. The van der Waals surface area contributed by atoms with Gasteiger partial charge < -0.3 is 14.9 Å². The molecule has 2 aromatic rings. The first kappa shape index (κ1) is 13.8. The number of halogens is 1. The molecule has 0 fully saturated rings. The van der Waals surface area contributed by atoms with E-state index in [0.29, 0.717) is 5.69 Å². The average molecular weight is 274 g/mol. The second-order valence-corrected chi connectivity index (χ2v) is 3.81. The van der Waals surface area contributed by atoms with Gasteiger partial charge >= 0.3 is 0 Å². The molecule has 0 saturated heterocycles. The smallest absolute Gasteiger partial charge is 0.277 e. The van der Waals surface area contributed by atoms with Crippen LogP contribution in [-0.2, 0) is 0 Å². The van der Waals surface area contributed by atoms with Gasteiger partial charge in [-0.15, -0.1) is 0 Å². The van der Waals surface area contributed by atoms with Crippen molar-refractivity contribution in [2.45, 2.75) is 6.42 Å². The number of anilines is 1. The highest BCUT2D eigenvalue weighted by Gasteiger charge is 2.10. The van der Waals surface area contributed by atoms with Gasteiger partial charge in [0, 0.05) is 18.2 Å². The van der Waals surface area contributed by atoms with E-state index in [9.17, 15) is 9.18 Å². The molecule has 1 aromatic heterocycles. The van der Waals surface area contributed by atoms with Gasteiger partial charge in [-0.1, -0.05) is 17.0 Å². The maximum atomic E-state index is 13.7. The van der Waals surface area contributed by atoms with E-state index in [0.717, 1.165) is 0 Å². The van der Waals surface area contributed by atoms with Crippen LogP contribution in [0.3, 0.4) is 0 Å². The summed E-state index contributed by atoms with van der Waals surface area (Å²) in [7, 11) is 0. The molecule has 1 aromatic carbocycles. The molecule has 20 heavy (non-hydrogen) atoms. The molecule has 0 aliphatic heterocycles. The number of benzene rings is 1. The third-order valence-corrected chi connectivity index (χ3v) is 2.36. The molecule has 0 unspecified atom stereocenters. The summed E-state index contributed by atoms with van der Waals surface area (Å²) in [6, 6.07) is 5.56. The summed E-state index contributed by atoms with van der Waals surface area (Å²) in [5.74, 6) is 4.19. The minimum absolute atomic E-state index is 0.0690. The number of carbonyl (C=O) groups excluding carboxylic acids is 1. The van der Waals surface area contributed by atoms with E-state index in [2.05, 4.69) is 26.8 Å². The van der Waals surface area contributed by atoms with Crippen LogP contribution in [0.25, 0.3) is 0 Å². The summed E-state index contributed by atoms with van der Waals surface area (Å²) in [6.45, 7) is -0.0690. The molecule has 1 heterocycles. The van der Waals surface area contributed by atoms with E-state index in [4.69, 9.17) is 5.11 Å². The Kier molecular flexibility index (Phi) is 4.47. The van der Waals surface area contributed by atoms with Crippen molar-refractivity contribution < 1.29 is 18.8 Å². The van der Waals surface area contributed by atoms with Crippen molar-refractivity contribution in [3.63, 3.8) is 0 Å². The number of aliphatic hydroxyl groups is 1. The Morgan fingerprint density at radius 2 is 2.30 bits per heavy atom. The molecule has 102 valence electrons. The fourth-order valence-corrected chi connectivity index (χ4v) is 1.43. The Morgan fingerprint density at radius 3 is 2.95 bits per heavy atom. The third-order valence-electron chi connectivity index (χ3n) is 2.36. The fourth-order valence-electron chi connectivity index (χ4n) is 1.43. The van der Waals surface area contributed by atoms with Gasteiger partial charge in [-0.3, -0.25) is 4.79 Å². The zero-order valence-corrected chi connectivity index (χ0v) is 10.4. The normalized spacial score (nSPS) is 9.70. The van der Waals surface area contributed by atoms with Crippen LogP contribution in [0.4, 0.5) is 10.1 Å². The van der Waals surface area contributed by atoms with Gasteiger partial charge in [-0.25, -0.2) is 4.39 Å². The summed E-state index contributed by atoms with van der Waals surface area (Å²) in [5, 5.41) is 14.6. The molecule has 0 atom stereocenters. The largest absolute Gasteiger partial charge is 0.395 e. The zero-order valence-electron chi connectivity index (χ0n) is 10.4. The number of hydrogen-bond acceptors (Lipinski definition) is 4. The lowest BCUT2D eigenvalue weighted by Gasteiger charge is -2.03. The van der Waals surface area contributed by atoms with Gasteiger partial charge in [0.15, 0.2) is 5.69 Å². The first-order valence-electron chi connectivity index (χ1n) is 5.81. The lowest BCUT2D eigenvalue weighted by atomic mass is 10.2. The van der Waals surface area contributed by atoms with Crippen molar-refractivity contribution in [2.75, 3.05) is 11.9 Å². The lowest BCUT2D eigenvalue weighted by molar-refractivity contribution is 0.101. The first-order valence-corrected chi connectivity index (χ1v) is 5.81. The van der Waals surface area contributed by atoms with E-state index < -0.39 is 11.7 Å². The molecule has 0 radical (unpaired) electrons. The molecular formula is C14H11FN2O3. The van der Waals surface area contributed by atoms with Crippen LogP contribution in [0, 0.1) is 17.7 Å². The van der Waals surface area contributed by atoms with Crippen LogP contribution >= 0.6 is 0 Å². The predicted octanol–water partition coefficient (Wildman–Crippen LogP) is 1.80. The van der Waals surface area contributed by atoms with E-state index in [1.807, 2.05) is 0 Å². The highest BCUT2D eigenvalue weighted by atomic mass is 19.1. The molecule has 2 N–H and O–H groups in total. The van der Waals surface area contributed by atoms with Gasteiger partial charge in [0.25, 0.3) is 5.91 Å². The Balaban J connectivity index is 2.10. The fraction of sp³-hybridized carbons (Fsp3) is 0.143. The summed E-state index contributed by atoms with van der Waals surface area (Å²) in [6.07, 6.45) is 1.55. The topological polar surface area (TPSA) is 75.4 Å². The molecule has 1 amide bonds. The summed E-state index contributed by atoms with van der Waals surface area (Å²) in [4.78, 5) is 11.7. The molecule has 0 aliphatic rings. The number of aromatic nitrogens is 1. The Labute approximate surface area is 114 Å². The molecule has 5 nitrogen and oxygen atoms in total. The van der Waals surface area contributed by atoms with Crippen molar-refractivity contribution in [2.24, 2.45) is 0 Å². The molecule has 0 bridgehead atoms. The quantitative estimate of drug-likeness (QED) is 0.837. The van der Waals surface area contributed by atoms with Crippen LogP contribution in [0.15, 0.2) is 35.1 Å². The molecule has 6 heteroatoms. The number of nitrogens with one attached hydrogen (secondary N) is 1. The van der Waals surface area contributed by atoms with Crippen molar-refractivity contribution in [1.29, 1.82) is 0 Å². The standard InChI is InChI=1S/C14H11FN2O3/c15-12-9-11(5-4-10(12)3-1-2-7-18)16-14(19)13-6-8-20-17-13/h4-6,8-9,18H,2,7H2,(H,16,19). The van der Waals surface area contributed by atoms with Gasteiger partial charge in [0.2, 0.25) is 0 Å². The van der Waals surface area contributed by atoms with E-state index >= 15 is 0 Å². The first-order chi connectivity index (χ1) is 9.70. The van der Waals surface area contributed by atoms with Crippen LogP contribution in [0.1, 0.15) is 22.5 Å².